The molecule has 1 rings (SSSR count). The van der Waals surface area contributed by atoms with Crippen LogP contribution in [0.1, 0.15) is 18.9 Å². The van der Waals surface area contributed by atoms with Crippen molar-refractivity contribution < 1.29 is 9.53 Å². The molecule has 1 aromatic rings. The van der Waals surface area contributed by atoms with E-state index in [9.17, 15) is 4.79 Å². The average Bonchev–Trinajstić information content (AvgIpc) is 2.26. The molecule has 1 amide bonds. The lowest BCUT2D eigenvalue weighted by atomic mass is 10.2. The van der Waals surface area contributed by atoms with Crippen molar-refractivity contribution in [3.8, 4) is 5.75 Å². The fourth-order valence-corrected chi connectivity index (χ4v) is 1.33. The number of rotatable bonds is 6. The molecule has 0 spiro atoms. The van der Waals surface area contributed by atoms with Crippen LogP contribution in [0.15, 0.2) is 24.3 Å². The minimum atomic E-state index is -0.0325. The van der Waals surface area contributed by atoms with Crippen LogP contribution >= 0.6 is 0 Å². The summed E-state index contributed by atoms with van der Waals surface area (Å²) in [5.74, 6) is 0.764. The number of aryl methyl sites for hydroxylation is 1. The Hall–Kier alpha value is -1.55. The van der Waals surface area contributed by atoms with Crippen LogP contribution in [0, 0.1) is 6.92 Å². The number of carbonyl (C=O) groups excluding carboxylic acids is 1. The van der Waals surface area contributed by atoms with Crippen LogP contribution in [0.2, 0.25) is 0 Å². The number of nitrogens with two attached hydrogens (primary N) is 1. The van der Waals surface area contributed by atoms with Gasteiger partial charge in [0.25, 0.3) is 0 Å². The van der Waals surface area contributed by atoms with Gasteiger partial charge in [0.2, 0.25) is 5.91 Å². The summed E-state index contributed by atoms with van der Waals surface area (Å²) in [5, 5.41) is 2.74. The third kappa shape index (κ3) is 5.92. The van der Waals surface area contributed by atoms with E-state index >= 15 is 0 Å². The number of hydrogen-bond donors (Lipinski definition) is 2. The first kappa shape index (κ1) is 13.5. The van der Waals surface area contributed by atoms with E-state index in [1.807, 2.05) is 38.1 Å². The molecule has 1 unspecified atom stereocenters. The molecule has 0 radical (unpaired) electrons. The van der Waals surface area contributed by atoms with E-state index in [0.29, 0.717) is 19.6 Å². The van der Waals surface area contributed by atoms with Crippen molar-refractivity contribution >= 4 is 5.91 Å². The molecule has 0 saturated carbocycles. The number of hydrogen-bond acceptors (Lipinski definition) is 3. The highest BCUT2D eigenvalue weighted by Gasteiger charge is 2.02. The van der Waals surface area contributed by atoms with Gasteiger partial charge in [0, 0.05) is 12.6 Å². The second kappa shape index (κ2) is 6.91. The van der Waals surface area contributed by atoms with Gasteiger partial charge in [0.15, 0.2) is 0 Å². The predicted octanol–water partition coefficient (Wildman–Crippen LogP) is 1.23. The molecule has 0 aliphatic heterocycles. The Bertz CT molecular complexity index is 364. The second-order valence-corrected chi connectivity index (χ2v) is 4.20. The summed E-state index contributed by atoms with van der Waals surface area (Å²) in [5.41, 5.74) is 6.67. The molecule has 3 N–H and O–H groups in total. The van der Waals surface area contributed by atoms with Gasteiger partial charge in [0.1, 0.15) is 5.75 Å². The SMILES string of the molecule is Cc1cccc(OCCC(=O)NCC(C)N)c1. The van der Waals surface area contributed by atoms with Gasteiger partial charge in [-0.25, -0.2) is 0 Å². The van der Waals surface area contributed by atoms with E-state index in [1.54, 1.807) is 0 Å². The Balaban J connectivity index is 2.21. The summed E-state index contributed by atoms with van der Waals surface area (Å²) in [6.07, 6.45) is 0.348. The van der Waals surface area contributed by atoms with Crippen molar-refractivity contribution in [2.24, 2.45) is 5.73 Å². The van der Waals surface area contributed by atoms with E-state index < -0.39 is 0 Å². The van der Waals surface area contributed by atoms with E-state index in [0.717, 1.165) is 11.3 Å². The summed E-state index contributed by atoms with van der Waals surface area (Å²) >= 11 is 0. The molecule has 0 aliphatic carbocycles. The van der Waals surface area contributed by atoms with Gasteiger partial charge < -0.3 is 15.8 Å². The first-order valence-electron chi connectivity index (χ1n) is 5.79. The van der Waals surface area contributed by atoms with Gasteiger partial charge in [-0.05, 0) is 31.5 Å². The molecule has 1 aromatic carbocycles. The van der Waals surface area contributed by atoms with E-state index in [2.05, 4.69) is 5.32 Å². The molecule has 0 saturated heterocycles. The number of ether oxygens (including phenoxy) is 1. The molecular weight excluding hydrogens is 216 g/mol. The van der Waals surface area contributed by atoms with Crippen LogP contribution in [0.4, 0.5) is 0 Å². The molecule has 17 heavy (non-hydrogen) atoms. The smallest absolute Gasteiger partial charge is 0.223 e. The summed E-state index contributed by atoms with van der Waals surface area (Å²) in [7, 11) is 0. The van der Waals surface area contributed by atoms with E-state index in [1.165, 1.54) is 0 Å². The van der Waals surface area contributed by atoms with Crippen LogP contribution in [0.25, 0.3) is 0 Å². The third-order valence-electron chi connectivity index (χ3n) is 2.21. The standard InChI is InChI=1S/C13H20N2O2/c1-10-4-3-5-12(8-10)17-7-6-13(16)15-9-11(2)14/h3-5,8,11H,6-7,9,14H2,1-2H3,(H,15,16). The minimum Gasteiger partial charge on any atom is -0.493 e. The van der Waals surface area contributed by atoms with Crippen LogP contribution in [0.3, 0.4) is 0 Å². The van der Waals surface area contributed by atoms with Crippen molar-refractivity contribution in [1.82, 2.24) is 5.32 Å². The van der Waals surface area contributed by atoms with Crippen molar-refractivity contribution in [1.29, 1.82) is 0 Å². The minimum absolute atomic E-state index is 0.0170. The van der Waals surface area contributed by atoms with Crippen LogP contribution < -0.4 is 15.8 Å². The summed E-state index contributed by atoms with van der Waals surface area (Å²) in [6, 6.07) is 7.74. The van der Waals surface area contributed by atoms with Crippen LogP contribution in [0.5, 0.6) is 5.75 Å². The Morgan fingerprint density at radius 2 is 2.29 bits per heavy atom. The van der Waals surface area contributed by atoms with Gasteiger partial charge in [0.05, 0.1) is 13.0 Å². The molecule has 0 heterocycles. The zero-order valence-electron chi connectivity index (χ0n) is 10.4. The van der Waals surface area contributed by atoms with Crippen molar-refractivity contribution in [3.63, 3.8) is 0 Å². The molecule has 4 heteroatoms. The molecule has 4 nitrogen and oxygen atoms in total. The Morgan fingerprint density at radius 3 is 2.94 bits per heavy atom. The van der Waals surface area contributed by atoms with Gasteiger partial charge in [-0.15, -0.1) is 0 Å². The zero-order valence-corrected chi connectivity index (χ0v) is 10.4. The highest BCUT2D eigenvalue weighted by molar-refractivity contribution is 5.76. The molecule has 0 bridgehead atoms. The lowest BCUT2D eigenvalue weighted by Crippen LogP contribution is -2.35. The van der Waals surface area contributed by atoms with Crippen molar-refractivity contribution in [3.05, 3.63) is 29.8 Å². The Labute approximate surface area is 102 Å². The zero-order chi connectivity index (χ0) is 12.7. The predicted molar refractivity (Wildman–Crippen MR) is 68.0 cm³/mol. The maximum Gasteiger partial charge on any atom is 0.223 e. The Kier molecular flexibility index (Phi) is 5.49. The normalized spacial score (nSPS) is 11.9. The number of nitrogens with one attached hydrogen (secondary N) is 1. The highest BCUT2D eigenvalue weighted by atomic mass is 16.5. The average molecular weight is 236 g/mol. The first-order chi connectivity index (χ1) is 8.08. The molecule has 0 aromatic heterocycles. The maximum atomic E-state index is 11.4. The summed E-state index contributed by atoms with van der Waals surface area (Å²) in [6.45, 7) is 4.74. The third-order valence-corrected chi connectivity index (χ3v) is 2.21. The van der Waals surface area contributed by atoms with Gasteiger partial charge >= 0.3 is 0 Å². The fraction of sp³-hybridized carbons (Fsp3) is 0.462. The lowest BCUT2D eigenvalue weighted by molar-refractivity contribution is -0.121. The van der Waals surface area contributed by atoms with Gasteiger partial charge in [-0.1, -0.05) is 12.1 Å². The Morgan fingerprint density at radius 1 is 1.53 bits per heavy atom. The van der Waals surface area contributed by atoms with Crippen LogP contribution in [-0.2, 0) is 4.79 Å². The number of amides is 1. The summed E-state index contributed by atoms with van der Waals surface area (Å²) in [4.78, 5) is 11.4. The monoisotopic (exact) mass is 236 g/mol. The molecular formula is C13H20N2O2. The first-order valence-corrected chi connectivity index (χ1v) is 5.79. The maximum absolute atomic E-state index is 11.4. The second-order valence-electron chi connectivity index (χ2n) is 4.20. The number of benzene rings is 1. The highest BCUT2D eigenvalue weighted by Crippen LogP contribution is 2.12. The van der Waals surface area contributed by atoms with E-state index in [-0.39, 0.29) is 11.9 Å². The number of carbonyl (C=O) groups is 1. The molecule has 0 aliphatic rings. The van der Waals surface area contributed by atoms with Crippen molar-refractivity contribution in [2.75, 3.05) is 13.2 Å². The quantitative estimate of drug-likeness (QED) is 0.780. The van der Waals surface area contributed by atoms with E-state index in [4.69, 9.17) is 10.5 Å². The van der Waals surface area contributed by atoms with Crippen LogP contribution in [-0.4, -0.2) is 25.1 Å². The fourth-order valence-electron chi connectivity index (χ4n) is 1.33. The summed E-state index contributed by atoms with van der Waals surface area (Å²) < 4.78 is 5.47. The molecule has 0 fully saturated rings. The van der Waals surface area contributed by atoms with Gasteiger partial charge in [-0.2, -0.15) is 0 Å². The molecule has 1 atom stereocenters. The largest absolute Gasteiger partial charge is 0.493 e. The van der Waals surface area contributed by atoms with Gasteiger partial charge in [-0.3, -0.25) is 4.79 Å². The van der Waals surface area contributed by atoms with Crippen molar-refractivity contribution in [2.45, 2.75) is 26.3 Å². The lowest BCUT2D eigenvalue weighted by Gasteiger charge is -2.09. The molecule has 94 valence electrons. The topological polar surface area (TPSA) is 64.3 Å².